The summed E-state index contributed by atoms with van der Waals surface area (Å²) in [6.45, 7) is 4.00. The molecule has 0 radical (unpaired) electrons. The lowest BCUT2D eigenvalue weighted by atomic mass is 10.1. The smallest absolute Gasteiger partial charge is 0.239 e. The third-order valence-corrected chi connectivity index (χ3v) is 3.15. The zero-order valence-electron chi connectivity index (χ0n) is 9.62. The molecule has 1 amide bonds. The Morgan fingerprint density at radius 2 is 2.14 bits per heavy atom. The predicted octanol–water partition coefficient (Wildman–Crippen LogP) is 1.32. The van der Waals surface area contributed by atoms with Crippen molar-refractivity contribution in [2.24, 2.45) is 5.73 Å². The monoisotopic (exact) mass is 218 g/mol. The first kappa shape index (κ1) is 13.8. The largest absolute Gasteiger partial charge is 0.342 e. The maximum atomic E-state index is 11.7. The van der Waals surface area contributed by atoms with E-state index >= 15 is 0 Å². The molecule has 84 valence electrons. The summed E-state index contributed by atoms with van der Waals surface area (Å²) in [5.41, 5.74) is 5.69. The van der Waals surface area contributed by atoms with E-state index in [2.05, 4.69) is 13.2 Å². The summed E-state index contributed by atoms with van der Waals surface area (Å²) in [6.07, 6.45) is 3.81. The molecular formula is C10H22N2OS. The number of likely N-dealkylation sites (N-methyl/N-ethyl adjacent to an activating group) is 1. The Hall–Kier alpha value is -0.220. The molecule has 14 heavy (non-hydrogen) atoms. The minimum atomic E-state index is -0.336. The summed E-state index contributed by atoms with van der Waals surface area (Å²) in [7, 11) is 1.84. The molecule has 0 rings (SSSR count). The van der Waals surface area contributed by atoms with Crippen LogP contribution in [-0.2, 0) is 4.79 Å². The van der Waals surface area contributed by atoms with E-state index in [1.165, 1.54) is 0 Å². The van der Waals surface area contributed by atoms with Gasteiger partial charge in [-0.3, -0.25) is 4.79 Å². The van der Waals surface area contributed by atoms with Crippen molar-refractivity contribution in [3.8, 4) is 0 Å². The molecule has 0 aliphatic rings. The van der Waals surface area contributed by atoms with Crippen LogP contribution in [0.3, 0.4) is 0 Å². The Labute approximate surface area is 91.4 Å². The summed E-state index contributed by atoms with van der Waals surface area (Å²) in [4.78, 5) is 13.4. The molecule has 0 saturated carbocycles. The second kappa shape index (κ2) is 7.12. The van der Waals surface area contributed by atoms with Gasteiger partial charge in [0.05, 0.1) is 6.04 Å². The molecule has 2 atom stereocenters. The minimum absolute atomic E-state index is 0.0566. The van der Waals surface area contributed by atoms with Crippen molar-refractivity contribution in [3.63, 3.8) is 0 Å². The molecule has 0 aromatic heterocycles. The summed E-state index contributed by atoms with van der Waals surface area (Å²) >= 11 is 1.80. The van der Waals surface area contributed by atoms with Gasteiger partial charge in [-0.2, -0.15) is 11.8 Å². The molecule has 4 heteroatoms. The maximum absolute atomic E-state index is 11.7. The van der Waals surface area contributed by atoms with E-state index in [0.717, 1.165) is 12.2 Å². The number of amides is 1. The molecule has 0 saturated heterocycles. The number of rotatable bonds is 6. The van der Waals surface area contributed by atoms with Crippen LogP contribution in [0.5, 0.6) is 0 Å². The molecule has 0 fully saturated rings. The van der Waals surface area contributed by atoms with Crippen molar-refractivity contribution in [2.45, 2.75) is 38.8 Å². The van der Waals surface area contributed by atoms with Crippen LogP contribution in [0.4, 0.5) is 0 Å². The molecule has 0 aromatic rings. The second-order valence-electron chi connectivity index (χ2n) is 3.59. The number of hydrogen-bond acceptors (Lipinski definition) is 3. The topological polar surface area (TPSA) is 46.3 Å². The van der Waals surface area contributed by atoms with Gasteiger partial charge in [0.2, 0.25) is 5.91 Å². The van der Waals surface area contributed by atoms with Crippen LogP contribution in [0.2, 0.25) is 0 Å². The Balaban J connectivity index is 4.03. The van der Waals surface area contributed by atoms with Gasteiger partial charge in [-0.1, -0.05) is 6.92 Å². The van der Waals surface area contributed by atoms with Crippen LogP contribution in [0, 0.1) is 0 Å². The fraction of sp³-hybridized carbons (Fsp3) is 0.900. The fourth-order valence-electron chi connectivity index (χ4n) is 1.14. The van der Waals surface area contributed by atoms with Crippen LogP contribution < -0.4 is 5.73 Å². The predicted molar refractivity (Wildman–Crippen MR) is 63.5 cm³/mol. The SMILES string of the molecule is CC[C@@H](N)C(=O)N(C)C(C)CCSC. The first-order valence-electron chi connectivity index (χ1n) is 5.05. The molecule has 1 unspecified atom stereocenters. The molecule has 0 heterocycles. The Kier molecular flexibility index (Phi) is 7.01. The quantitative estimate of drug-likeness (QED) is 0.731. The van der Waals surface area contributed by atoms with E-state index in [1.54, 1.807) is 16.7 Å². The van der Waals surface area contributed by atoms with Crippen molar-refractivity contribution in [2.75, 3.05) is 19.1 Å². The highest BCUT2D eigenvalue weighted by Crippen LogP contribution is 2.07. The summed E-state index contributed by atoms with van der Waals surface area (Å²) in [5, 5.41) is 0. The van der Waals surface area contributed by atoms with Crippen molar-refractivity contribution < 1.29 is 4.79 Å². The van der Waals surface area contributed by atoms with Crippen LogP contribution >= 0.6 is 11.8 Å². The van der Waals surface area contributed by atoms with E-state index < -0.39 is 0 Å². The highest BCUT2D eigenvalue weighted by molar-refractivity contribution is 7.98. The Morgan fingerprint density at radius 3 is 2.57 bits per heavy atom. The lowest BCUT2D eigenvalue weighted by Gasteiger charge is -2.27. The molecule has 0 spiro atoms. The van der Waals surface area contributed by atoms with E-state index in [1.807, 2.05) is 14.0 Å². The van der Waals surface area contributed by atoms with Crippen LogP contribution in [0.25, 0.3) is 0 Å². The maximum Gasteiger partial charge on any atom is 0.239 e. The Bertz CT molecular complexity index is 176. The zero-order chi connectivity index (χ0) is 11.1. The van der Waals surface area contributed by atoms with Gasteiger partial charge in [0, 0.05) is 13.1 Å². The number of nitrogens with zero attached hydrogens (tertiary/aromatic N) is 1. The normalized spacial score (nSPS) is 14.9. The number of nitrogens with two attached hydrogens (primary N) is 1. The van der Waals surface area contributed by atoms with Crippen molar-refractivity contribution in [1.82, 2.24) is 4.90 Å². The van der Waals surface area contributed by atoms with Gasteiger partial charge in [0.15, 0.2) is 0 Å². The average molecular weight is 218 g/mol. The van der Waals surface area contributed by atoms with Gasteiger partial charge >= 0.3 is 0 Å². The summed E-state index contributed by atoms with van der Waals surface area (Å²) in [6, 6.07) is -0.0516. The lowest BCUT2D eigenvalue weighted by Crippen LogP contribution is -2.45. The molecule has 2 N–H and O–H groups in total. The molecular weight excluding hydrogens is 196 g/mol. The fourth-order valence-corrected chi connectivity index (χ4v) is 1.71. The van der Waals surface area contributed by atoms with Crippen molar-refractivity contribution in [1.29, 1.82) is 0 Å². The van der Waals surface area contributed by atoms with Gasteiger partial charge in [-0.05, 0) is 31.8 Å². The second-order valence-corrected chi connectivity index (χ2v) is 4.58. The van der Waals surface area contributed by atoms with Gasteiger partial charge < -0.3 is 10.6 Å². The van der Waals surface area contributed by atoms with Crippen molar-refractivity contribution in [3.05, 3.63) is 0 Å². The number of thioether (sulfide) groups is 1. The molecule has 0 bridgehead atoms. The van der Waals surface area contributed by atoms with E-state index in [0.29, 0.717) is 6.42 Å². The third kappa shape index (κ3) is 4.33. The first-order valence-corrected chi connectivity index (χ1v) is 6.45. The Morgan fingerprint density at radius 1 is 1.57 bits per heavy atom. The zero-order valence-corrected chi connectivity index (χ0v) is 10.4. The van der Waals surface area contributed by atoms with Crippen LogP contribution in [0.1, 0.15) is 26.7 Å². The van der Waals surface area contributed by atoms with E-state index in [4.69, 9.17) is 5.73 Å². The summed E-state index contributed by atoms with van der Waals surface area (Å²) in [5.74, 6) is 1.14. The van der Waals surface area contributed by atoms with Gasteiger partial charge in [0.25, 0.3) is 0 Å². The lowest BCUT2D eigenvalue weighted by molar-refractivity contribution is -0.133. The molecule has 0 aliphatic heterocycles. The molecule has 3 nitrogen and oxygen atoms in total. The van der Waals surface area contributed by atoms with Gasteiger partial charge in [0.1, 0.15) is 0 Å². The number of carbonyl (C=O) groups is 1. The van der Waals surface area contributed by atoms with E-state index in [-0.39, 0.29) is 18.0 Å². The standard InChI is InChI=1S/C10H22N2OS/c1-5-9(11)10(13)12(3)8(2)6-7-14-4/h8-9H,5-7,11H2,1-4H3/t8?,9-/m1/s1. The van der Waals surface area contributed by atoms with Crippen LogP contribution in [-0.4, -0.2) is 41.9 Å². The molecule has 0 aliphatic carbocycles. The highest BCUT2D eigenvalue weighted by Gasteiger charge is 2.19. The van der Waals surface area contributed by atoms with Crippen LogP contribution in [0.15, 0.2) is 0 Å². The molecule has 0 aromatic carbocycles. The third-order valence-electron chi connectivity index (χ3n) is 2.51. The van der Waals surface area contributed by atoms with Gasteiger partial charge in [-0.15, -0.1) is 0 Å². The minimum Gasteiger partial charge on any atom is -0.342 e. The highest BCUT2D eigenvalue weighted by atomic mass is 32.2. The van der Waals surface area contributed by atoms with Crippen molar-refractivity contribution >= 4 is 17.7 Å². The number of hydrogen-bond donors (Lipinski definition) is 1. The summed E-state index contributed by atoms with van der Waals surface area (Å²) < 4.78 is 0. The van der Waals surface area contributed by atoms with Gasteiger partial charge in [-0.25, -0.2) is 0 Å². The number of carbonyl (C=O) groups excluding carboxylic acids is 1. The average Bonchev–Trinajstić information content (AvgIpc) is 2.22. The van der Waals surface area contributed by atoms with E-state index in [9.17, 15) is 4.79 Å². The first-order chi connectivity index (χ1) is 6.54.